The molecule has 5 nitrogen and oxygen atoms in total. The fourth-order valence-corrected chi connectivity index (χ4v) is 3.72. The third-order valence-corrected chi connectivity index (χ3v) is 5.22. The van der Waals surface area contributed by atoms with Crippen LogP contribution < -0.4 is 16.0 Å². The van der Waals surface area contributed by atoms with E-state index in [-0.39, 0.29) is 11.6 Å². The SMILES string of the molecule is CC(C)CC(N)COc1ccc2c3ccncc3c(=O)n(CC3CC3)c2c1. The summed E-state index contributed by atoms with van der Waals surface area (Å²) < 4.78 is 7.85. The van der Waals surface area contributed by atoms with Crippen LogP contribution in [0.15, 0.2) is 41.5 Å². The molecule has 4 rings (SSSR count). The van der Waals surface area contributed by atoms with Crippen LogP contribution in [-0.4, -0.2) is 22.2 Å². The summed E-state index contributed by atoms with van der Waals surface area (Å²) >= 11 is 0. The minimum absolute atomic E-state index is 0.0111. The summed E-state index contributed by atoms with van der Waals surface area (Å²) in [6.45, 7) is 5.56. The standard InChI is InChI=1S/C22H27N3O2/c1-14(2)9-16(23)13-27-17-5-6-19-18-7-8-24-11-20(18)22(26)25(21(19)10-17)12-15-3-4-15/h5-8,10-11,14-16H,3-4,9,12-13,23H2,1-2H3. The summed E-state index contributed by atoms with van der Waals surface area (Å²) in [4.78, 5) is 17.2. The molecule has 0 bridgehead atoms. The van der Waals surface area contributed by atoms with Crippen molar-refractivity contribution in [2.45, 2.75) is 45.7 Å². The zero-order valence-electron chi connectivity index (χ0n) is 16.0. The molecule has 1 fully saturated rings. The molecule has 0 amide bonds. The maximum absolute atomic E-state index is 13.1. The van der Waals surface area contributed by atoms with Crippen LogP contribution in [0.3, 0.4) is 0 Å². The third kappa shape index (κ3) is 3.83. The van der Waals surface area contributed by atoms with Crippen molar-refractivity contribution in [3.05, 3.63) is 47.0 Å². The van der Waals surface area contributed by atoms with Gasteiger partial charge in [0.15, 0.2) is 0 Å². The van der Waals surface area contributed by atoms with Crippen LogP contribution in [0.4, 0.5) is 0 Å². The van der Waals surface area contributed by atoms with Crippen molar-refractivity contribution in [3.63, 3.8) is 0 Å². The molecule has 1 saturated carbocycles. The lowest BCUT2D eigenvalue weighted by atomic mass is 10.1. The molecule has 0 saturated heterocycles. The Kier molecular flexibility index (Phi) is 4.87. The van der Waals surface area contributed by atoms with Gasteiger partial charge in [-0.3, -0.25) is 9.78 Å². The van der Waals surface area contributed by atoms with Gasteiger partial charge in [0.2, 0.25) is 0 Å². The summed E-state index contributed by atoms with van der Waals surface area (Å²) in [6, 6.07) is 7.93. The lowest BCUT2D eigenvalue weighted by molar-refractivity contribution is 0.271. The highest BCUT2D eigenvalue weighted by Gasteiger charge is 2.24. The molecule has 3 aromatic rings. The Bertz CT molecular complexity index is 1020. The van der Waals surface area contributed by atoms with Gasteiger partial charge in [-0.1, -0.05) is 13.8 Å². The van der Waals surface area contributed by atoms with Gasteiger partial charge in [-0.2, -0.15) is 0 Å². The number of hydrogen-bond donors (Lipinski definition) is 1. The maximum atomic E-state index is 13.1. The number of nitrogens with zero attached hydrogens (tertiary/aromatic N) is 2. The maximum Gasteiger partial charge on any atom is 0.260 e. The first kappa shape index (κ1) is 18.0. The van der Waals surface area contributed by atoms with Crippen LogP contribution >= 0.6 is 0 Å². The van der Waals surface area contributed by atoms with Crippen molar-refractivity contribution in [1.82, 2.24) is 9.55 Å². The van der Waals surface area contributed by atoms with E-state index < -0.39 is 0 Å². The molecule has 2 N–H and O–H groups in total. The molecular formula is C22H27N3O2. The van der Waals surface area contributed by atoms with E-state index in [9.17, 15) is 4.79 Å². The summed E-state index contributed by atoms with van der Waals surface area (Å²) in [7, 11) is 0. The van der Waals surface area contributed by atoms with Crippen LogP contribution in [0, 0.1) is 11.8 Å². The minimum Gasteiger partial charge on any atom is -0.492 e. The van der Waals surface area contributed by atoms with E-state index in [0.717, 1.165) is 35.0 Å². The number of ether oxygens (including phenoxy) is 1. The highest BCUT2D eigenvalue weighted by atomic mass is 16.5. The predicted octanol–water partition coefficient (Wildman–Crippen LogP) is 3.71. The monoisotopic (exact) mass is 365 g/mol. The lowest BCUT2D eigenvalue weighted by Crippen LogP contribution is -2.29. The summed E-state index contributed by atoms with van der Waals surface area (Å²) in [5.41, 5.74) is 7.12. The number of rotatable bonds is 7. The highest BCUT2D eigenvalue weighted by Crippen LogP contribution is 2.33. The van der Waals surface area contributed by atoms with E-state index in [1.165, 1.54) is 12.8 Å². The average molecular weight is 365 g/mol. The third-order valence-electron chi connectivity index (χ3n) is 5.22. The van der Waals surface area contributed by atoms with Crippen LogP contribution in [0.5, 0.6) is 5.75 Å². The Hall–Kier alpha value is -2.40. The van der Waals surface area contributed by atoms with E-state index in [1.54, 1.807) is 12.4 Å². The summed E-state index contributed by atoms with van der Waals surface area (Å²) in [6.07, 6.45) is 6.73. The van der Waals surface area contributed by atoms with E-state index in [0.29, 0.717) is 23.8 Å². The van der Waals surface area contributed by atoms with Crippen molar-refractivity contribution in [1.29, 1.82) is 0 Å². The fourth-order valence-electron chi connectivity index (χ4n) is 3.72. The normalized spacial score (nSPS) is 15.6. The van der Waals surface area contributed by atoms with Gasteiger partial charge in [-0.25, -0.2) is 0 Å². The Morgan fingerprint density at radius 1 is 1.22 bits per heavy atom. The van der Waals surface area contributed by atoms with Crippen molar-refractivity contribution < 1.29 is 4.74 Å². The molecule has 27 heavy (non-hydrogen) atoms. The Morgan fingerprint density at radius 3 is 2.78 bits per heavy atom. The zero-order chi connectivity index (χ0) is 19.0. The van der Waals surface area contributed by atoms with Crippen molar-refractivity contribution >= 4 is 21.7 Å². The van der Waals surface area contributed by atoms with E-state index in [1.807, 2.05) is 28.8 Å². The summed E-state index contributed by atoms with van der Waals surface area (Å²) in [5.74, 6) is 1.91. The molecule has 2 heterocycles. The van der Waals surface area contributed by atoms with Crippen molar-refractivity contribution in [3.8, 4) is 5.75 Å². The second kappa shape index (κ2) is 7.31. The quantitative estimate of drug-likeness (QED) is 0.648. The van der Waals surface area contributed by atoms with Crippen LogP contribution in [0.2, 0.25) is 0 Å². The van der Waals surface area contributed by atoms with Crippen LogP contribution in [-0.2, 0) is 6.54 Å². The molecule has 2 aromatic heterocycles. The van der Waals surface area contributed by atoms with Crippen LogP contribution in [0.1, 0.15) is 33.1 Å². The van der Waals surface area contributed by atoms with Gasteiger partial charge in [-0.05, 0) is 54.7 Å². The van der Waals surface area contributed by atoms with Gasteiger partial charge in [0.25, 0.3) is 5.56 Å². The predicted molar refractivity (Wildman–Crippen MR) is 109 cm³/mol. The van der Waals surface area contributed by atoms with Crippen molar-refractivity contribution in [2.75, 3.05) is 6.61 Å². The van der Waals surface area contributed by atoms with Gasteiger partial charge >= 0.3 is 0 Å². The average Bonchev–Trinajstić information content (AvgIpc) is 3.47. The van der Waals surface area contributed by atoms with E-state index in [4.69, 9.17) is 10.5 Å². The first-order valence-corrected chi connectivity index (χ1v) is 9.81. The number of nitrogens with two attached hydrogens (primary N) is 1. The van der Waals surface area contributed by atoms with Gasteiger partial charge in [0.05, 0.1) is 10.9 Å². The smallest absolute Gasteiger partial charge is 0.260 e. The molecule has 1 aromatic carbocycles. The molecule has 1 aliphatic carbocycles. The first-order chi connectivity index (χ1) is 13.0. The number of fused-ring (bicyclic) bond motifs is 3. The first-order valence-electron chi connectivity index (χ1n) is 9.81. The Balaban J connectivity index is 1.74. The van der Waals surface area contributed by atoms with E-state index >= 15 is 0 Å². The lowest BCUT2D eigenvalue weighted by Gasteiger charge is -2.17. The second-order valence-corrected chi connectivity index (χ2v) is 8.16. The second-order valence-electron chi connectivity index (χ2n) is 8.16. The zero-order valence-corrected chi connectivity index (χ0v) is 16.0. The molecule has 5 heteroatoms. The van der Waals surface area contributed by atoms with Gasteiger partial charge < -0.3 is 15.0 Å². The van der Waals surface area contributed by atoms with Gasteiger partial charge in [0, 0.05) is 36.4 Å². The number of aromatic nitrogens is 2. The molecule has 0 aliphatic heterocycles. The number of hydrogen-bond acceptors (Lipinski definition) is 4. The van der Waals surface area contributed by atoms with Crippen LogP contribution in [0.25, 0.3) is 21.7 Å². The summed E-state index contributed by atoms with van der Waals surface area (Å²) in [5, 5.41) is 2.69. The van der Waals surface area contributed by atoms with Gasteiger partial charge in [-0.15, -0.1) is 0 Å². The molecule has 0 radical (unpaired) electrons. The Labute approximate surface area is 159 Å². The number of benzene rings is 1. The van der Waals surface area contributed by atoms with E-state index in [2.05, 4.69) is 18.8 Å². The minimum atomic E-state index is 0.0111. The Morgan fingerprint density at radius 2 is 2.04 bits per heavy atom. The topological polar surface area (TPSA) is 70.1 Å². The fraction of sp³-hybridized carbons (Fsp3) is 0.455. The molecule has 1 aliphatic rings. The molecule has 1 atom stereocenters. The van der Waals surface area contributed by atoms with Crippen molar-refractivity contribution in [2.24, 2.45) is 17.6 Å². The number of pyridine rings is 2. The molecule has 0 spiro atoms. The molecular weight excluding hydrogens is 338 g/mol. The van der Waals surface area contributed by atoms with Gasteiger partial charge in [0.1, 0.15) is 12.4 Å². The molecule has 1 unspecified atom stereocenters. The largest absolute Gasteiger partial charge is 0.492 e. The highest BCUT2D eigenvalue weighted by molar-refractivity contribution is 6.05. The molecule has 142 valence electrons.